The van der Waals surface area contributed by atoms with Gasteiger partial charge in [0.15, 0.2) is 4.80 Å². The first-order valence-corrected chi connectivity index (χ1v) is 8.63. The van der Waals surface area contributed by atoms with E-state index < -0.39 is 23.1 Å². The SMILES string of the molecule is C=CCn1c(=NC(=O)c2c(F)cccc2F)sc2cc(CC)ccc21. The van der Waals surface area contributed by atoms with E-state index in [1.54, 1.807) is 6.08 Å². The number of aromatic nitrogens is 1. The number of amides is 1. The number of halogens is 2. The van der Waals surface area contributed by atoms with Crippen LogP contribution < -0.4 is 4.80 Å². The molecule has 0 saturated heterocycles. The Labute approximate surface area is 147 Å². The zero-order chi connectivity index (χ0) is 18.0. The summed E-state index contributed by atoms with van der Waals surface area (Å²) in [6, 6.07) is 9.31. The van der Waals surface area contributed by atoms with Gasteiger partial charge in [-0.15, -0.1) is 6.58 Å². The molecule has 0 fully saturated rings. The van der Waals surface area contributed by atoms with E-state index in [4.69, 9.17) is 0 Å². The standard InChI is InChI=1S/C19H16F2N2OS/c1-3-10-23-15-9-8-12(4-2)11-16(15)25-19(23)22-18(24)17-13(20)6-5-7-14(17)21/h3,5-9,11H,1,4,10H2,2H3. The molecule has 0 saturated carbocycles. The third-order valence-electron chi connectivity index (χ3n) is 3.84. The molecule has 1 heterocycles. The van der Waals surface area contributed by atoms with Gasteiger partial charge in [0.1, 0.15) is 17.2 Å². The fraction of sp³-hybridized carbons (Fsp3) is 0.158. The Morgan fingerprint density at radius 2 is 2.00 bits per heavy atom. The molecule has 0 aliphatic carbocycles. The van der Waals surface area contributed by atoms with Gasteiger partial charge < -0.3 is 4.57 Å². The minimum Gasteiger partial charge on any atom is -0.312 e. The Morgan fingerprint density at radius 1 is 1.28 bits per heavy atom. The highest BCUT2D eigenvalue weighted by Gasteiger charge is 2.17. The largest absolute Gasteiger partial charge is 0.312 e. The van der Waals surface area contributed by atoms with E-state index in [-0.39, 0.29) is 0 Å². The molecule has 3 rings (SSSR count). The minimum atomic E-state index is -0.935. The number of nitrogens with zero attached hydrogens (tertiary/aromatic N) is 2. The van der Waals surface area contributed by atoms with Gasteiger partial charge in [-0.2, -0.15) is 4.99 Å². The summed E-state index contributed by atoms with van der Waals surface area (Å²) in [6.45, 7) is 6.22. The quantitative estimate of drug-likeness (QED) is 0.634. The predicted octanol–water partition coefficient (Wildman–Crippen LogP) is 4.47. The average molecular weight is 358 g/mol. The number of allylic oxidation sites excluding steroid dienone is 1. The van der Waals surface area contributed by atoms with Crippen LogP contribution in [0.4, 0.5) is 8.78 Å². The van der Waals surface area contributed by atoms with E-state index in [1.165, 1.54) is 17.4 Å². The van der Waals surface area contributed by atoms with Crippen LogP contribution in [0.25, 0.3) is 10.2 Å². The number of rotatable bonds is 4. The van der Waals surface area contributed by atoms with E-state index >= 15 is 0 Å². The van der Waals surface area contributed by atoms with E-state index in [0.29, 0.717) is 11.3 Å². The zero-order valence-corrected chi connectivity index (χ0v) is 14.4. The summed E-state index contributed by atoms with van der Waals surface area (Å²) in [7, 11) is 0. The van der Waals surface area contributed by atoms with E-state index in [9.17, 15) is 13.6 Å². The lowest BCUT2D eigenvalue weighted by Crippen LogP contribution is -2.17. The van der Waals surface area contributed by atoms with Crippen LogP contribution in [0.15, 0.2) is 54.0 Å². The highest BCUT2D eigenvalue weighted by molar-refractivity contribution is 7.16. The molecule has 0 aliphatic heterocycles. The number of hydrogen-bond donors (Lipinski definition) is 0. The van der Waals surface area contributed by atoms with Crippen LogP contribution in [0.3, 0.4) is 0 Å². The fourth-order valence-electron chi connectivity index (χ4n) is 2.57. The first-order valence-electron chi connectivity index (χ1n) is 7.81. The van der Waals surface area contributed by atoms with E-state index in [1.807, 2.05) is 22.8 Å². The molecule has 0 N–H and O–H groups in total. The Hall–Kier alpha value is -2.60. The van der Waals surface area contributed by atoms with Gasteiger partial charge in [-0.3, -0.25) is 4.79 Å². The van der Waals surface area contributed by atoms with Crippen molar-refractivity contribution in [2.45, 2.75) is 19.9 Å². The first-order chi connectivity index (χ1) is 12.0. The second-order valence-electron chi connectivity index (χ2n) is 5.45. The van der Waals surface area contributed by atoms with Gasteiger partial charge in [-0.05, 0) is 36.2 Å². The Bertz CT molecular complexity index is 1010. The van der Waals surface area contributed by atoms with Crippen molar-refractivity contribution in [1.82, 2.24) is 4.57 Å². The normalized spacial score (nSPS) is 11.9. The molecule has 1 amide bonds. The number of thiazole rings is 1. The number of fused-ring (bicyclic) bond motifs is 1. The van der Waals surface area contributed by atoms with Crippen molar-refractivity contribution < 1.29 is 13.6 Å². The smallest absolute Gasteiger partial charge is 0.285 e. The van der Waals surface area contributed by atoms with Gasteiger partial charge in [0.05, 0.1) is 10.2 Å². The Morgan fingerprint density at radius 3 is 2.64 bits per heavy atom. The second kappa shape index (κ2) is 7.11. The lowest BCUT2D eigenvalue weighted by molar-refractivity contribution is 0.0990. The minimum absolute atomic E-state index is 0.385. The molecule has 1 aromatic heterocycles. The summed E-state index contributed by atoms with van der Waals surface area (Å²) in [5.41, 5.74) is 1.43. The van der Waals surface area contributed by atoms with Crippen LogP contribution >= 0.6 is 11.3 Å². The van der Waals surface area contributed by atoms with Crippen LogP contribution in [-0.2, 0) is 13.0 Å². The molecule has 6 heteroatoms. The molecule has 128 valence electrons. The highest BCUT2D eigenvalue weighted by atomic mass is 32.1. The summed E-state index contributed by atoms with van der Waals surface area (Å²) >= 11 is 1.31. The first kappa shape index (κ1) is 17.2. The van der Waals surface area contributed by atoms with Crippen molar-refractivity contribution in [3.05, 3.63) is 76.6 Å². The molecule has 0 bridgehead atoms. The van der Waals surface area contributed by atoms with Crippen molar-refractivity contribution in [2.24, 2.45) is 4.99 Å². The topological polar surface area (TPSA) is 34.4 Å². The van der Waals surface area contributed by atoms with Crippen LogP contribution in [0.1, 0.15) is 22.8 Å². The zero-order valence-electron chi connectivity index (χ0n) is 13.6. The molecule has 0 aliphatic rings. The monoisotopic (exact) mass is 358 g/mol. The van der Waals surface area contributed by atoms with Gasteiger partial charge in [0, 0.05) is 6.54 Å². The summed E-state index contributed by atoms with van der Waals surface area (Å²) in [5, 5.41) is 0. The third kappa shape index (κ3) is 3.30. The fourth-order valence-corrected chi connectivity index (χ4v) is 3.67. The Balaban J connectivity index is 2.19. The average Bonchev–Trinajstić information content (AvgIpc) is 2.91. The van der Waals surface area contributed by atoms with Crippen molar-refractivity contribution in [3.63, 3.8) is 0 Å². The number of carbonyl (C=O) groups is 1. The van der Waals surface area contributed by atoms with Crippen molar-refractivity contribution >= 4 is 27.5 Å². The van der Waals surface area contributed by atoms with Crippen molar-refractivity contribution in [3.8, 4) is 0 Å². The molecular weight excluding hydrogens is 342 g/mol. The van der Waals surface area contributed by atoms with Crippen LogP contribution in [-0.4, -0.2) is 10.5 Å². The third-order valence-corrected chi connectivity index (χ3v) is 4.88. The lowest BCUT2D eigenvalue weighted by atomic mass is 10.2. The van der Waals surface area contributed by atoms with Gasteiger partial charge in [-0.25, -0.2) is 8.78 Å². The van der Waals surface area contributed by atoms with Gasteiger partial charge in [0.2, 0.25) is 0 Å². The summed E-state index contributed by atoms with van der Waals surface area (Å²) in [4.78, 5) is 16.7. The molecule has 2 aromatic carbocycles. The molecule has 0 radical (unpaired) electrons. The van der Waals surface area contributed by atoms with Gasteiger partial charge in [0.25, 0.3) is 5.91 Å². The predicted molar refractivity (Wildman–Crippen MR) is 95.6 cm³/mol. The summed E-state index contributed by atoms with van der Waals surface area (Å²) in [6.07, 6.45) is 2.58. The molecular formula is C19H16F2N2OS. The molecule has 25 heavy (non-hydrogen) atoms. The van der Waals surface area contributed by atoms with Gasteiger partial charge >= 0.3 is 0 Å². The van der Waals surface area contributed by atoms with Crippen LogP contribution in [0.2, 0.25) is 0 Å². The molecule has 0 spiro atoms. The van der Waals surface area contributed by atoms with Crippen LogP contribution in [0.5, 0.6) is 0 Å². The lowest BCUT2D eigenvalue weighted by Gasteiger charge is -2.02. The highest BCUT2D eigenvalue weighted by Crippen LogP contribution is 2.20. The van der Waals surface area contributed by atoms with Gasteiger partial charge in [-0.1, -0.05) is 36.5 Å². The van der Waals surface area contributed by atoms with Crippen molar-refractivity contribution in [1.29, 1.82) is 0 Å². The number of carbonyl (C=O) groups excluding carboxylic acids is 1. The summed E-state index contributed by atoms with van der Waals surface area (Å²) in [5.74, 6) is -2.77. The number of aryl methyl sites for hydroxylation is 1. The van der Waals surface area contributed by atoms with E-state index in [0.717, 1.165) is 34.3 Å². The maximum absolute atomic E-state index is 13.8. The van der Waals surface area contributed by atoms with Crippen molar-refractivity contribution in [2.75, 3.05) is 0 Å². The number of benzene rings is 2. The molecule has 0 atom stereocenters. The Kier molecular flexibility index (Phi) is 4.90. The maximum atomic E-state index is 13.8. The molecule has 0 unspecified atom stereocenters. The number of hydrogen-bond acceptors (Lipinski definition) is 2. The van der Waals surface area contributed by atoms with E-state index in [2.05, 4.69) is 18.5 Å². The summed E-state index contributed by atoms with van der Waals surface area (Å²) < 4.78 is 30.4. The second-order valence-corrected chi connectivity index (χ2v) is 6.46. The molecule has 3 aromatic rings. The maximum Gasteiger partial charge on any atom is 0.285 e. The van der Waals surface area contributed by atoms with Crippen LogP contribution in [0, 0.1) is 11.6 Å². The molecule has 3 nitrogen and oxygen atoms in total.